The van der Waals surface area contributed by atoms with Crippen molar-refractivity contribution in [1.29, 1.82) is 0 Å². The average molecular weight is 233 g/mol. The van der Waals surface area contributed by atoms with Crippen LogP contribution in [0.2, 0.25) is 0 Å². The molecule has 2 aromatic rings. The maximum Gasteiger partial charge on any atom is 0.125 e. The highest BCUT2D eigenvalue weighted by Crippen LogP contribution is 2.20. The highest BCUT2D eigenvalue weighted by atomic mass is 19.1. The number of nitrogen functional groups attached to an aromatic ring is 1. The van der Waals surface area contributed by atoms with Crippen LogP contribution in [0.1, 0.15) is 5.56 Å². The Bertz CT molecular complexity index is 529. The molecule has 0 atom stereocenters. The van der Waals surface area contributed by atoms with Crippen LogP contribution in [0, 0.1) is 5.82 Å². The lowest BCUT2D eigenvalue weighted by atomic mass is 10.2. The monoisotopic (exact) mass is 233 g/mol. The molecule has 0 aliphatic rings. The summed E-state index contributed by atoms with van der Waals surface area (Å²) in [6, 6.07) is 10.6. The summed E-state index contributed by atoms with van der Waals surface area (Å²) in [5.41, 5.74) is 6.70. The van der Waals surface area contributed by atoms with E-state index >= 15 is 0 Å². The molecule has 2 rings (SSSR count). The molecule has 2 aromatic carbocycles. The van der Waals surface area contributed by atoms with E-state index in [1.54, 1.807) is 24.3 Å². The van der Waals surface area contributed by atoms with Crippen molar-refractivity contribution in [3.05, 3.63) is 53.8 Å². The van der Waals surface area contributed by atoms with Gasteiger partial charge in [0.2, 0.25) is 0 Å². The molecule has 3 N–H and O–H groups in total. The SMILES string of the molecule is Nc1cc(F)ccc1COc1cccc(O)c1. The van der Waals surface area contributed by atoms with Gasteiger partial charge in [-0.25, -0.2) is 4.39 Å². The van der Waals surface area contributed by atoms with Crippen molar-refractivity contribution in [3.63, 3.8) is 0 Å². The van der Waals surface area contributed by atoms with Crippen LogP contribution in [0.3, 0.4) is 0 Å². The van der Waals surface area contributed by atoms with Crippen molar-refractivity contribution in [3.8, 4) is 11.5 Å². The number of ether oxygens (including phenoxy) is 1. The number of phenolic OH excluding ortho intramolecular Hbond substituents is 1. The zero-order chi connectivity index (χ0) is 12.3. The maximum absolute atomic E-state index is 12.8. The fourth-order valence-corrected chi connectivity index (χ4v) is 1.43. The van der Waals surface area contributed by atoms with Gasteiger partial charge in [-0.3, -0.25) is 0 Å². The van der Waals surface area contributed by atoms with E-state index in [1.807, 2.05) is 0 Å². The molecule has 0 aliphatic heterocycles. The van der Waals surface area contributed by atoms with E-state index in [1.165, 1.54) is 18.2 Å². The number of hydrogen-bond donors (Lipinski definition) is 2. The molecule has 0 saturated carbocycles. The minimum atomic E-state index is -0.372. The molecule has 0 radical (unpaired) electrons. The fourth-order valence-electron chi connectivity index (χ4n) is 1.43. The Balaban J connectivity index is 2.07. The highest BCUT2D eigenvalue weighted by Gasteiger charge is 2.02. The molecule has 4 heteroatoms. The molecule has 0 fully saturated rings. The number of anilines is 1. The zero-order valence-electron chi connectivity index (χ0n) is 9.06. The Kier molecular flexibility index (Phi) is 3.14. The zero-order valence-corrected chi connectivity index (χ0v) is 9.06. The standard InChI is InChI=1S/C13H12FNO2/c14-10-5-4-9(13(15)6-10)8-17-12-3-1-2-11(16)7-12/h1-7,16H,8,15H2. The molecule has 17 heavy (non-hydrogen) atoms. The lowest BCUT2D eigenvalue weighted by Crippen LogP contribution is -2.00. The lowest BCUT2D eigenvalue weighted by Gasteiger charge is -2.08. The Morgan fingerprint density at radius 1 is 1.18 bits per heavy atom. The first-order valence-corrected chi connectivity index (χ1v) is 5.11. The van der Waals surface area contributed by atoms with Crippen LogP contribution < -0.4 is 10.5 Å². The van der Waals surface area contributed by atoms with Gasteiger partial charge in [-0.05, 0) is 24.3 Å². The number of halogens is 1. The van der Waals surface area contributed by atoms with Gasteiger partial charge in [0.1, 0.15) is 23.9 Å². The topological polar surface area (TPSA) is 55.5 Å². The van der Waals surface area contributed by atoms with Crippen molar-refractivity contribution >= 4 is 5.69 Å². The summed E-state index contributed by atoms with van der Waals surface area (Å²) < 4.78 is 18.2. The van der Waals surface area contributed by atoms with Crippen molar-refractivity contribution in [2.45, 2.75) is 6.61 Å². The first kappa shape index (κ1) is 11.3. The van der Waals surface area contributed by atoms with Gasteiger partial charge < -0.3 is 15.6 Å². The molecular weight excluding hydrogens is 221 g/mol. The van der Waals surface area contributed by atoms with Crippen LogP contribution in [0.25, 0.3) is 0 Å². The molecule has 3 nitrogen and oxygen atoms in total. The fraction of sp³-hybridized carbons (Fsp3) is 0.0769. The minimum absolute atomic E-state index is 0.134. The summed E-state index contributed by atoms with van der Waals surface area (Å²) in [5, 5.41) is 9.25. The third-order valence-electron chi connectivity index (χ3n) is 2.32. The van der Waals surface area contributed by atoms with Gasteiger partial charge in [-0.2, -0.15) is 0 Å². The van der Waals surface area contributed by atoms with Crippen molar-refractivity contribution < 1.29 is 14.2 Å². The van der Waals surface area contributed by atoms with Crippen LogP contribution in [0.15, 0.2) is 42.5 Å². The molecule has 0 aliphatic carbocycles. The summed E-state index contributed by atoms with van der Waals surface area (Å²) in [5.74, 6) is 0.298. The molecule has 0 amide bonds. The van der Waals surface area contributed by atoms with Crippen LogP contribution in [0.4, 0.5) is 10.1 Å². The van der Waals surface area contributed by atoms with E-state index < -0.39 is 0 Å². The molecular formula is C13H12FNO2. The molecule has 0 aromatic heterocycles. The largest absolute Gasteiger partial charge is 0.508 e. The third-order valence-corrected chi connectivity index (χ3v) is 2.32. The molecule has 88 valence electrons. The predicted molar refractivity (Wildman–Crippen MR) is 63.3 cm³/mol. The van der Waals surface area contributed by atoms with E-state index in [4.69, 9.17) is 10.5 Å². The van der Waals surface area contributed by atoms with E-state index in [0.29, 0.717) is 17.0 Å². The van der Waals surface area contributed by atoms with Crippen molar-refractivity contribution in [1.82, 2.24) is 0 Å². The summed E-state index contributed by atoms with van der Waals surface area (Å²) >= 11 is 0. The van der Waals surface area contributed by atoms with Crippen LogP contribution in [-0.4, -0.2) is 5.11 Å². The van der Waals surface area contributed by atoms with Gasteiger partial charge in [0.05, 0.1) is 0 Å². The Morgan fingerprint density at radius 2 is 2.00 bits per heavy atom. The van der Waals surface area contributed by atoms with E-state index in [-0.39, 0.29) is 18.2 Å². The minimum Gasteiger partial charge on any atom is -0.508 e. The van der Waals surface area contributed by atoms with Gasteiger partial charge in [0, 0.05) is 17.3 Å². The second-order valence-electron chi connectivity index (χ2n) is 3.63. The first-order valence-electron chi connectivity index (χ1n) is 5.11. The normalized spacial score (nSPS) is 10.2. The second kappa shape index (κ2) is 4.74. The summed E-state index contributed by atoms with van der Waals surface area (Å²) in [6.07, 6.45) is 0. The summed E-state index contributed by atoms with van der Waals surface area (Å²) in [7, 11) is 0. The second-order valence-corrected chi connectivity index (χ2v) is 3.63. The van der Waals surface area contributed by atoms with Gasteiger partial charge >= 0.3 is 0 Å². The van der Waals surface area contributed by atoms with Crippen LogP contribution >= 0.6 is 0 Å². The highest BCUT2D eigenvalue weighted by molar-refractivity contribution is 5.46. The number of phenols is 1. The smallest absolute Gasteiger partial charge is 0.125 e. The molecule has 0 saturated heterocycles. The van der Waals surface area contributed by atoms with E-state index in [9.17, 15) is 9.50 Å². The number of hydrogen-bond acceptors (Lipinski definition) is 3. The Morgan fingerprint density at radius 3 is 2.71 bits per heavy atom. The summed E-state index contributed by atoms with van der Waals surface area (Å²) in [6.45, 7) is 0.232. The van der Waals surface area contributed by atoms with Crippen molar-refractivity contribution in [2.75, 3.05) is 5.73 Å². The van der Waals surface area contributed by atoms with Gasteiger partial charge in [0.15, 0.2) is 0 Å². The quantitative estimate of drug-likeness (QED) is 0.801. The van der Waals surface area contributed by atoms with Gasteiger partial charge in [-0.1, -0.05) is 12.1 Å². The average Bonchev–Trinajstić information content (AvgIpc) is 2.28. The summed E-state index contributed by atoms with van der Waals surface area (Å²) in [4.78, 5) is 0. The maximum atomic E-state index is 12.8. The number of rotatable bonds is 3. The predicted octanol–water partition coefficient (Wildman–Crippen LogP) is 2.69. The Labute approximate surface area is 98.3 Å². The third kappa shape index (κ3) is 2.87. The first-order chi connectivity index (χ1) is 8.15. The van der Waals surface area contributed by atoms with Gasteiger partial charge in [0.25, 0.3) is 0 Å². The number of aromatic hydroxyl groups is 1. The van der Waals surface area contributed by atoms with E-state index in [2.05, 4.69) is 0 Å². The van der Waals surface area contributed by atoms with Gasteiger partial charge in [-0.15, -0.1) is 0 Å². The number of benzene rings is 2. The molecule has 0 unspecified atom stereocenters. The molecule has 0 spiro atoms. The Hall–Kier alpha value is -2.23. The van der Waals surface area contributed by atoms with Crippen LogP contribution in [-0.2, 0) is 6.61 Å². The molecule has 0 heterocycles. The van der Waals surface area contributed by atoms with E-state index in [0.717, 1.165) is 0 Å². The van der Waals surface area contributed by atoms with Crippen molar-refractivity contribution in [2.24, 2.45) is 0 Å². The molecule has 0 bridgehead atoms. The van der Waals surface area contributed by atoms with Crippen LogP contribution in [0.5, 0.6) is 11.5 Å². The lowest BCUT2D eigenvalue weighted by molar-refractivity contribution is 0.305. The number of nitrogens with two attached hydrogens (primary N) is 1.